The van der Waals surface area contributed by atoms with Gasteiger partial charge >= 0.3 is 0 Å². The average Bonchev–Trinajstić information content (AvgIpc) is 2.41. The zero-order valence-electron chi connectivity index (χ0n) is 7.87. The van der Waals surface area contributed by atoms with Crippen LogP contribution in [-0.4, -0.2) is 9.46 Å². The highest BCUT2D eigenvalue weighted by Crippen LogP contribution is 2.39. The smallest absolute Gasteiger partial charge is 0.0626 e. The minimum atomic E-state index is -1.03. The first-order valence-electron chi connectivity index (χ1n) is 4.61. The van der Waals surface area contributed by atoms with Gasteiger partial charge in [0.2, 0.25) is 0 Å². The van der Waals surface area contributed by atoms with Crippen LogP contribution in [0.3, 0.4) is 0 Å². The molecule has 2 N–H and O–H groups in total. The van der Waals surface area contributed by atoms with Crippen molar-refractivity contribution >= 4 is 22.4 Å². The summed E-state index contributed by atoms with van der Waals surface area (Å²) in [5, 5.41) is 0.595. The lowest BCUT2D eigenvalue weighted by molar-refractivity contribution is 0.632. The molecule has 0 aliphatic carbocycles. The van der Waals surface area contributed by atoms with E-state index >= 15 is 0 Å². The summed E-state index contributed by atoms with van der Waals surface area (Å²) in [5.41, 5.74) is 6.96. The van der Waals surface area contributed by atoms with Gasteiger partial charge in [-0.05, 0) is 18.1 Å². The van der Waals surface area contributed by atoms with Gasteiger partial charge in [0, 0.05) is 6.04 Å². The molecule has 0 spiro atoms. The van der Waals surface area contributed by atoms with Crippen molar-refractivity contribution in [1.82, 2.24) is 0 Å². The zero-order chi connectivity index (χ0) is 10.3. The molecule has 76 valence electrons. The molecule has 1 aliphatic heterocycles. The molecule has 0 fully saturated rings. The van der Waals surface area contributed by atoms with E-state index in [1.54, 1.807) is 6.07 Å². The minimum Gasteiger partial charge on any atom is -0.323 e. The lowest BCUT2D eigenvalue weighted by Gasteiger charge is -2.10. The van der Waals surface area contributed by atoms with Gasteiger partial charge < -0.3 is 5.73 Å². The van der Waals surface area contributed by atoms with Crippen molar-refractivity contribution in [2.75, 3.05) is 0 Å². The van der Waals surface area contributed by atoms with Crippen molar-refractivity contribution in [1.29, 1.82) is 0 Å². The summed E-state index contributed by atoms with van der Waals surface area (Å²) in [4.78, 5) is 0.744. The van der Waals surface area contributed by atoms with Crippen molar-refractivity contribution in [3.05, 3.63) is 28.8 Å². The van der Waals surface area contributed by atoms with Gasteiger partial charge in [0.25, 0.3) is 0 Å². The third-order valence-corrected chi connectivity index (χ3v) is 5.10. The molecule has 0 radical (unpaired) electrons. The first-order chi connectivity index (χ1) is 6.66. The van der Waals surface area contributed by atoms with Crippen molar-refractivity contribution in [3.8, 4) is 0 Å². The number of hydrogen-bond acceptors (Lipinski definition) is 2. The fourth-order valence-electron chi connectivity index (χ4n) is 1.89. The van der Waals surface area contributed by atoms with E-state index in [1.807, 2.05) is 19.1 Å². The Morgan fingerprint density at radius 1 is 1.57 bits per heavy atom. The predicted octanol–water partition coefficient (Wildman–Crippen LogP) is 2.24. The topological polar surface area (TPSA) is 43.1 Å². The second-order valence-electron chi connectivity index (χ2n) is 3.43. The van der Waals surface area contributed by atoms with Gasteiger partial charge in [-0.3, -0.25) is 4.21 Å². The maximum atomic E-state index is 12.0. The van der Waals surface area contributed by atoms with Crippen molar-refractivity contribution in [3.63, 3.8) is 0 Å². The Kier molecular flexibility index (Phi) is 2.64. The third kappa shape index (κ3) is 1.31. The summed E-state index contributed by atoms with van der Waals surface area (Å²) in [6.07, 6.45) is 0.818. The minimum absolute atomic E-state index is 0.0184. The molecule has 1 aliphatic rings. The lowest BCUT2D eigenvalue weighted by atomic mass is 10.0. The van der Waals surface area contributed by atoms with Crippen LogP contribution < -0.4 is 5.73 Å². The summed E-state index contributed by atoms with van der Waals surface area (Å²) in [6, 6.07) is 5.41. The fourth-order valence-corrected chi connectivity index (χ4v) is 4.02. The molecule has 0 saturated carbocycles. The standard InChI is InChI=1S/C10H12ClNOS/c1-2-8-9(12)6-4-3-5-7(11)10(6)14(8)13/h3-5,8-9H,2,12H2,1H3. The van der Waals surface area contributed by atoms with Crippen LogP contribution in [0.25, 0.3) is 0 Å². The first-order valence-corrected chi connectivity index (χ1v) is 6.20. The van der Waals surface area contributed by atoms with Crippen LogP contribution in [-0.2, 0) is 10.8 Å². The SMILES string of the molecule is CCC1C(N)c2cccc(Cl)c2S1=O. The van der Waals surface area contributed by atoms with Crippen LogP contribution in [0, 0.1) is 0 Å². The van der Waals surface area contributed by atoms with Crippen molar-refractivity contribution in [2.45, 2.75) is 29.5 Å². The first kappa shape index (κ1) is 10.1. The molecule has 2 nitrogen and oxygen atoms in total. The van der Waals surface area contributed by atoms with E-state index in [4.69, 9.17) is 17.3 Å². The summed E-state index contributed by atoms with van der Waals surface area (Å²) in [7, 11) is -1.03. The molecule has 3 atom stereocenters. The summed E-state index contributed by atoms with van der Waals surface area (Å²) in [5.74, 6) is 0. The third-order valence-electron chi connectivity index (χ3n) is 2.64. The molecule has 0 bridgehead atoms. The predicted molar refractivity (Wildman–Crippen MR) is 58.9 cm³/mol. The van der Waals surface area contributed by atoms with Gasteiger partial charge in [0.15, 0.2) is 0 Å². The Bertz CT molecular complexity index is 394. The van der Waals surface area contributed by atoms with Crippen LogP contribution in [0.5, 0.6) is 0 Å². The summed E-state index contributed by atoms with van der Waals surface area (Å²) >= 11 is 6.00. The van der Waals surface area contributed by atoms with Crippen LogP contribution >= 0.6 is 11.6 Å². The lowest BCUT2D eigenvalue weighted by Crippen LogP contribution is -2.22. The van der Waals surface area contributed by atoms with E-state index in [0.29, 0.717) is 5.02 Å². The maximum Gasteiger partial charge on any atom is 0.0626 e. The highest BCUT2D eigenvalue weighted by Gasteiger charge is 2.36. The van der Waals surface area contributed by atoms with E-state index in [-0.39, 0.29) is 11.3 Å². The maximum absolute atomic E-state index is 12.0. The zero-order valence-corrected chi connectivity index (χ0v) is 9.44. The van der Waals surface area contributed by atoms with Crippen LogP contribution in [0.1, 0.15) is 24.9 Å². The Hall–Kier alpha value is -0.380. The second kappa shape index (κ2) is 3.65. The van der Waals surface area contributed by atoms with Crippen LogP contribution in [0.2, 0.25) is 5.02 Å². The van der Waals surface area contributed by atoms with Gasteiger partial charge in [0.05, 0.1) is 26.0 Å². The molecule has 14 heavy (non-hydrogen) atoms. The molecule has 0 amide bonds. The van der Waals surface area contributed by atoms with E-state index in [2.05, 4.69) is 0 Å². The highest BCUT2D eigenvalue weighted by molar-refractivity contribution is 7.86. The normalized spacial score (nSPS) is 30.4. The van der Waals surface area contributed by atoms with E-state index < -0.39 is 10.8 Å². The largest absolute Gasteiger partial charge is 0.323 e. The Morgan fingerprint density at radius 3 is 2.86 bits per heavy atom. The average molecular weight is 230 g/mol. The molecule has 1 aromatic carbocycles. The van der Waals surface area contributed by atoms with Gasteiger partial charge in [0.1, 0.15) is 0 Å². The van der Waals surface area contributed by atoms with E-state index in [1.165, 1.54) is 0 Å². The molecular formula is C10H12ClNOS. The van der Waals surface area contributed by atoms with Gasteiger partial charge in [-0.25, -0.2) is 0 Å². The highest BCUT2D eigenvalue weighted by atomic mass is 35.5. The molecule has 1 heterocycles. The Morgan fingerprint density at radius 2 is 2.29 bits per heavy atom. The Balaban J connectivity index is 2.58. The number of halogens is 1. The molecule has 0 saturated heterocycles. The van der Waals surface area contributed by atoms with E-state index in [9.17, 15) is 4.21 Å². The van der Waals surface area contributed by atoms with Crippen molar-refractivity contribution < 1.29 is 4.21 Å². The van der Waals surface area contributed by atoms with Gasteiger partial charge in [-0.1, -0.05) is 30.7 Å². The molecule has 0 aromatic heterocycles. The van der Waals surface area contributed by atoms with Crippen molar-refractivity contribution in [2.24, 2.45) is 5.73 Å². The quantitative estimate of drug-likeness (QED) is 0.803. The van der Waals surface area contributed by atoms with Gasteiger partial charge in [-0.2, -0.15) is 0 Å². The molecule has 2 rings (SSSR count). The number of hydrogen-bond donors (Lipinski definition) is 1. The number of fused-ring (bicyclic) bond motifs is 1. The second-order valence-corrected chi connectivity index (χ2v) is 5.44. The fraction of sp³-hybridized carbons (Fsp3) is 0.400. The van der Waals surface area contributed by atoms with Crippen LogP contribution in [0.4, 0.5) is 0 Å². The summed E-state index contributed by atoms with van der Waals surface area (Å²) in [6.45, 7) is 2.00. The van der Waals surface area contributed by atoms with E-state index in [0.717, 1.165) is 16.9 Å². The molecule has 1 aromatic rings. The number of benzene rings is 1. The van der Waals surface area contributed by atoms with Crippen LogP contribution in [0.15, 0.2) is 23.1 Å². The monoisotopic (exact) mass is 229 g/mol. The summed E-state index contributed by atoms with van der Waals surface area (Å²) < 4.78 is 12.0. The molecular weight excluding hydrogens is 218 g/mol. The Labute approximate surface area is 90.9 Å². The van der Waals surface area contributed by atoms with Gasteiger partial charge in [-0.15, -0.1) is 0 Å². The number of nitrogens with two attached hydrogens (primary N) is 1. The number of rotatable bonds is 1. The molecule has 3 unspecified atom stereocenters. The molecule has 4 heteroatoms.